The summed E-state index contributed by atoms with van der Waals surface area (Å²) in [5, 5.41) is 0.244. The second-order valence-electron chi connectivity index (χ2n) is 4.19. The minimum absolute atomic E-state index is 0.0142. The Morgan fingerprint density at radius 2 is 1.38 bits per heavy atom. The Morgan fingerprint density at radius 3 is 1.86 bits per heavy atom. The molecule has 0 fully saturated rings. The number of ether oxygens (including phenoxy) is 2. The van der Waals surface area contributed by atoms with Gasteiger partial charge < -0.3 is 9.47 Å². The van der Waals surface area contributed by atoms with E-state index in [1.165, 1.54) is 18.2 Å². The van der Waals surface area contributed by atoms with Crippen molar-refractivity contribution in [1.29, 1.82) is 0 Å². The summed E-state index contributed by atoms with van der Waals surface area (Å²) in [5.74, 6) is -4.32. The molecule has 108 valence electrons. The number of rotatable bonds is 2. The van der Waals surface area contributed by atoms with Crippen LogP contribution in [0.1, 0.15) is 34.6 Å². The molecule has 2 rings (SSSR count). The standard InChI is InChI=1S/C14H9ClO6/c1-6(16)20-13-11(18)9-4-3-8(15)5-10(9)12(19)14(13)21-7(2)17/h3-5H,1-2H3. The Hall–Kier alpha value is -2.47. The fourth-order valence-electron chi connectivity index (χ4n) is 1.83. The zero-order valence-electron chi connectivity index (χ0n) is 11.1. The van der Waals surface area contributed by atoms with Crippen LogP contribution < -0.4 is 0 Å². The number of benzene rings is 1. The molecule has 0 amide bonds. The number of fused-ring (bicyclic) bond motifs is 1. The molecule has 1 aliphatic carbocycles. The van der Waals surface area contributed by atoms with Crippen LogP contribution in [0.2, 0.25) is 5.02 Å². The average molecular weight is 309 g/mol. The van der Waals surface area contributed by atoms with Crippen molar-refractivity contribution >= 4 is 35.1 Å². The van der Waals surface area contributed by atoms with Gasteiger partial charge in [0.15, 0.2) is 0 Å². The van der Waals surface area contributed by atoms with Gasteiger partial charge in [0.05, 0.1) is 0 Å². The molecule has 0 saturated carbocycles. The predicted octanol–water partition coefficient (Wildman–Crippen LogP) is 2.06. The molecule has 1 aromatic carbocycles. The first-order chi connectivity index (χ1) is 9.81. The maximum atomic E-state index is 12.3. The smallest absolute Gasteiger partial charge is 0.308 e. The molecular weight excluding hydrogens is 300 g/mol. The van der Waals surface area contributed by atoms with E-state index in [1.54, 1.807) is 0 Å². The Labute approximate surface area is 124 Å². The van der Waals surface area contributed by atoms with Gasteiger partial charge in [-0.25, -0.2) is 0 Å². The van der Waals surface area contributed by atoms with Crippen LogP contribution in [0.25, 0.3) is 0 Å². The van der Waals surface area contributed by atoms with Crippen LogP contribution in [0.4, 0.5) is 0 Å². The highest BCUT2D eigenvalue weighted by molar-refractivity contribution is 6.32. The van der Waals surface area contributed by atoms with Crippen LogP contribution in [0.5, 0.6) is 0 Å². The summed E-state index contributed by atoms with van der Waals surface area (Å²) in [5.41, 5.74) is 0.0104. The van der Waals surface area contributed by atoms with Gasteiger partial charge in [-0.2, -0.15) is 0 Å². The molecule has 0 spiro atoms. The molecule has 0 bridgehead atoms. The lowest BCUT2D eigenvalue weighted by molar-refractivity contribution is -0.140. The summed E-state index contributed by atoms with van der Waals surface area (Å²) in [6.45, 7) is 2.12. The Kier molecular flexibility index (Phi) is 3.90. The van der Waals surface area contributed by atoms with E-state index in [0.717, 1.165) is 13.8 Å². The highest BCUT2D eigenvalue weighted by Crippen LogP contribution is 2.29. The van der Waals surface area contributed by atoms with E-state index in [-0.39, 0.29) is 16.1 Å². The van der Waals surface area contributed by atoms with Gasteiger partial charge in [0.2, 0.25) is 23.1 Å². The minimum Gasteiger partial charge on any atom is -0.418 e. The van der Waals surface area contributed by atoms with Crippen molar-refractivity contribution in [2.75, 3.05) is 0 Å². The van der Waals surface area contributed by atoms with Crippen molar-refractivity contribution in [1.82, 2.24) is 0 Å². The minimum atomic E-state index is -0.818. The zero-order chi connectivity index (χ0) is 15.7. The van der Waals surface area contributed by atoms with Gasteiger partial charge in [-0.3, -0.25) is 19.2 Å². The molecule has 0 saturated heterocycles. The van der Waals surface area contributed by atoms with Crippen molar-refractivity contribution in [3.05, 3.63) is 45.9 Å². The fraction of sp³-hybridized carbons (Fsp3) is 0.143. The molecule has 6 nitrogen and oxygen atoms in total. The molecule has 0 aliphatic heterocycles. The fourth-order valence-corrected chi connectivity index (χ4v) is 2.00. The SMILES string of the molecule is CC(=O)OC1=C(OC(C)=O)C(=O)c2cc(Cl)ccc2C1=O. The van der Waals surface area contributed by atoms with Crippen LogP contribution in [0.15, 0.2) is 29.7 Å². The lowest BCUT2D eigenvalue weighted by Gasteiger charge is -2.19. The lowest BCUT2D eigenvalue weighted by atomic mass is 9.92. The third-order valence-electron chi connectivity index (χ3n) is 2.58. The first kappa shape index (κ1) is 14.9. The lowest BCUT2D eigenvalue weighted by Crippen LogP contribution is -2.26. The molecule has 0 radical (unpaired) electrons. The number of carbonyl (C=O) groups excluding carboxylic acids is 4. The number of carbonyl (C=O) groups is 4. The molecule has 0 atom stereocenters. The molecular formula is C14H9ClO6. The van der Waals surface area contributed by atoms with Crippen molar-refractivity contribution in [2.45, 2.75) is 13.8 Å². The van der Waals surface area contributed by atoms with E-state index in [0.29, 0.717) is 0 Å². The van der Waals surface area contributed by atoms with Crippen LogP contribution in [0.3, 0.4) is 0 Å². The molecule has 0 N–H and O–H groups in total. The number of esters is 2. The van der Waals surface area contributed by atoms with Gasteiger partial charge in [0.1, 0.15) is 0 Å². The largest absolute Gasteiger partial charge is 0.418 e. The second kappa shape index (κ2) is 5.49. The van der Waals surface area contributed by atoms with Gasteiger partial charge in [-0.1, -0.05) is 11.6 Å². The van der Waals surface area contributed by atoms with Gasteiger partial charge in [0.25, 0.3) is 0 Å². The zero-order valence-corrected chi connectivity index (χ0v) is 11.8. The van der Waals surface area contributed by atoms with Crippen molar-refractivity contribution in [3.63, 3.8) is 0 Å². The highest BCUT2D eigenvalue weighted by atomic mass is 35.5. The number of ketones is 2. The summed E-state index contributed by atoms with van der Waals surface area (Å²) < 4.78 is 9.47. The number of halogens is 1. The van der Waals surface area contributed by atoms with E-state index in [1.807, 2.05) is 0 Å². The normalized spacial score (nSPS) is 13.9. The average Bonchev–Trinajstić information content (AvgIpc) is 2.39. The Balaban J connectivity index is 2.63. The topological polar surface area (TPSA) is 86.7 Å². The second-order valence-corrected chi connectivity index (χ2v) is 4.63. The third kappa shape index (κ3) is 2.85. The number of Topliss-reactive ketones (excluding diaryl/α,β-unsaturated/α-hetero) is 2. The van der Waals surface area contributed by atoms with Gasteiger partial charge in [0, 0.05) is 30.0 Å². The van der Waals surface area contributed by atoms with Gasteiger partial charge >= 0.3 is 11.9 Å². The van der Waals surface area contributed by atoms with Crippen molar-refractivity contribution < 1.29 is 28.7 Å². The number of hydrogen-bond donors (Lipinski definition) is 0. The summed E-state index contributed by atoms with van der Waals surface area (Å²) in [7, 11) is 0. The summed E-state index contributed by atoms with van der Waals surface area (Å²) in [6, 6.07) is 4.05. The Bertz CT molecular complexity index is 716. The molecule has 21 heavy (non-hydrogen) atoms. The maximum Gasteiger partial charge on any atom is 0.308 e. The maximum absolute atomic E-state index is 12.3. The molecule has 0 heterocycles. The number of hydrogen-bond acceptors (Lipinski definition) is 6. The highest BCUT2D eigenvalue weighted by Gasteiger charge is 2.37. The molecule has 0 aromatic heterocycles. The molecule has 0 unspecified atom stereocenters. The van der Waals surface area contributed by atoms with Crippen LogP contribution in [-0.2, 0) is 19.1 Å². The monoisotopic (exact) mass is 308 g/mol. The Morgan fingerprint density at radius 1 is 0.905 bits per heavy atom. The quantitative estimate of drug-likeness (QED) is 0.777. The summed E-state index contributed by atoms with van der Waals surface area (Å²) >= 11 is 5.79. The first-order valence-electron chi connectivity index (χ1n) is 5.81. The third-order valence-corrected chi connectivity index (χ3v) is 2.82. The van der Waals surface area contributed by atoms with Crippen LogP contribution in [0, 0.1) is 0 Å². The van der Waals surface area contributed by atoms with Crippen LogP contribution in [-0.4, -0.2) is 23.5 Å². The number of allylic oxidation sites excluding steroid dienone is 2. The van der Waals surface area contributed by atoms with E-state index in [9.17, 15) is 19.2 Å². The van der Waals surface area contributed by atoms with Crippen molar-refractivity contribution in [2.24, 2.45) is 0 Å². The van der Waals surface area contributed by atoms with Gasteiger partial charge in [-0.15, -0.1) is 0 Å². The first-order valence-corrected chi connectivity index (χ1v) is 6.19. The summed E-state index contributed by atoms with van der Waals surface area (Å²) in [6.07, 6.45) is 0. The van der Waals surface area contributed by atoms with E-state index < -0.39 is 35.0 Å². The van der Waals surface area contributed by atoms with Crippen molar-refractivity contribution in [3.8, 4) is 0 Å². The van der Waals surface area contributed by atoms with Crippen LogP contribution >= 0.6 is 11.6 Å². The van der Waals surface area contributed by atoms with E-state index in [2.05, 4.69) is 0 Å². The predicted molar refractivity (Wildman–Crippen MR) is 70.7 cm³/mol. The summed E-state index contributed by atoms with van der Waals surface area (Å²) in [4.78, 5) is 46.8. The van der Waals surface area contributed by atoms with E-state index >= 15 is 0 Å². The molecule has 7 heteroatoms. The van der Waals surface area contributed by atoms with E-state index in [4.69, 9.17) is 21.1 Å². The van der Waals surface area contributed by atoms with Gasteiger partial charge in [-0.05, 0) is 18.2 Å². The molecule has 1 aliphatic rings. The molecule has 1 aromatic rings.